The van der Waals surface area contributed by atoms with Crippen LogP contribution in [0.25, 0.3) is 6.08 Å². The van der Waals surface area contributed by atoms with Gasteiger partial charge < -0.3 is 14.2 Å². The minimum atomic E-state index is 0.558. The molecule has 0 aliphatic carbocycles. The van der Waals surface area contributed by atoms with Crippen LogP contribution in [0.4, 0.5) is 0 Å². The molecule has 0 radical (unpaired) electrons. The SMILES string of the molecule is CC/C(=C/c1ccc(OC)c(OCCCOC)c1)C(C)C. The second-order valence-corrected chi connectivity index (χ2v) is 5.33. The maximum atomic E-state index is 5.81. The normalized spacial score (nSPS) is 11.8. The van der Waals surface area contributed by atoms with Gasteiger partial charge in [-0.15, -0.1) is 0 Å². The third-order valence-electron chi connectivity index (χ3n) is 3.44. The highest BCUT2D eigenvalue weighted by Crippen LogP contribution is 2.30. The van der Waals surface area contributed by atoms with Gasteiger partial charge in [0.2, 0.25) is 0 Å². The van der Waals surface area contributed by atoms with E-state index in [1.165, 1.54) is 5.57 Å². The van der Waals surface area contributed by atoms with Gasteiger partial charge in [-0.1, -0.05) is 38.5 Å². The molecule has 0 saturated heterocycles. The Morgan fingerprint density at radius 2 is 1.90 bits per heavy atom. The molecule has 0 aliphatic heterocycles. The van der Waals surface area contributed by atoms with Gasteiger partial charge >= 0.3 is 0 Å². The minimum absolute atomic E-state index is 0.558. The lowest BCUT2D eigenvalue weighted by Gasteiger charge is -2.13. The van der Waals surface area contributed by atoms with Crippen LogP contribution >= 0.6 is 0 Å². The van der Waals surface area contributed by atoms with Crippen molar-refractivity contribution in [3.05, 3.63) is 29.3 Å². The third kappa shape index (κ3) is 5.80. The molecule has 0 aliphatic rings. The highest BCUT2D eigenvalue weighted by atomic mass is 16.5. The molecule has 0 atom stereocenters. The maximum absolute atomic E-state index is 5.81. The van der Waals surface area contributed by atoms with Gasteiger partial charge in [0.05, 0.1) is 13.7 Å². The van der Waals surface area contributed by atoms with Crippen LogP contribution in [0.1, 0.15) is 39.2 Å². The Kier molecular flexibility index (Phi) is 7.91. The van der Waals surface area contributed by atoms with Gasteiger partial charge in [-0.3, -0.25) is 0 Å². The summed E-state index contributed by atoms with van der Waals surface area (Å²) in [5.74, 6) is 2.12. The second kappa shape index (κ2) is 9.46. The van der Waals surface area contributed by atoms with Crippen molar-refractivity contribution in [3.63, 3.8) is 0 Å². The van der Waals surface area contributed by atoms with Crippen molar-refractivity contribution in [2.24, 2.45) is 5.92 Å². The molecule has 0 fully saturated rings. The minimum Gasteiger partial charge on any atom is -0.493 e. The summed E-state index contributed by atoms with van der Waals surface area (Å²) in [6.07, 6.45) is 4.17. The van der Waals surface area contributed by atoms with Crippen molar-refractivity contribution < 1.29 is 14.2 Å². The molecule has 21 heavy (non-hydrogen) atoms. The molecule has 3 heteroatoms. The van der Waals surface area contributed by atoms with Crippen molar-refractivity contribution in [3.8, 4) is 11.5 Å². The number of ether oxygens (including phenoxy) is 3. The van der Waals surface area contributed by atoms with E-state index in [4.69, 9.17) is 14.2 Å². The third-order valence-corrected chi connectivity index (χ3v) is 3.44. The molecular weight excluding hydrogens is 264 g/mol. The first-order valence-corrected chi connectivity index (χ1v) is 7.62. The molecule has 1 aromatic rings. The topological polar surface area (TPSA) is 27.7 Å². The highest BCUT2D eigenvalue weighted by molar-refractivity contribution is 5.58. The van der Waals surface area contributed by atoms with Crippen LogP contribution in [-0.2, 0) is 4.74 Å². The number of hydrogen-bond donors (Lipinski definition) is 0. The molecule has 1 aromatic carbocycles. The lowest BCUT2D eigenvalue weighted by Crippen LogP contribution is -2.02. The van der Waals surface area contributed by atoms with E-state index in [1.807, 2.05) is 12.1 Å². The Hall–Kier alpha value is -1.48. The predicted molar refractivity (Wildman–Crippen MR) is 88.1 cm³/mol. The van der Waals surface area contributed by atoms with Gasteiger partial charge in [0.15, 0.2) is 11.5 Å². The summed E-state index contributed by atoms with van der Waals surface area (Å²) in [6, 6.07) is 6.08. The van der Waals surface area contributed by atoms with Crippen molar-refractivity contribution in [2.45, 2.75) is 33.6 Å². The number of benzene rings is 1. The fourth-order valence-electron chi connectivity index (χ4n) is 2.17. The van der Waals surface area contributed by atoms with Crippen LogP contribution in [0.2, 0.25) is 0 Å². The van der Waals surface area contributed by atoms with E-state index >= 15 is 0 Å². The zero-order valence-corrected chi connectivity index (χ0v) is 13.9. The molecule has 118 valence electrons. The first-order chi connectivity index (χ1) is 10.1. The van der Waals surface area contributed by atoms with E-state index in [9.17, 15) is 0 Å². The van der Waals surface area contributed by atoms with Gasteiger partial charge in [0.25, 0.3) is 0 Å². The van der Waals surface area contributed by atoms with Crippen LogP contribution in [-0.4, -0.2) is 27.4 Å². The average molecular weight is 292 g/mol. The van der Waals surface area contributed by atoms with Crippen LogP contribution in [0, 0.1) is 5.92 Å². The Labute approximate surface area is 128 Å². The van der Waals surface area contributed by atoms with E-state index in [-0.39, 0.29) is 0 Å². The van der Waals surface area contributed by atoms with E-state index in [1.54, 1.807) is 14.2 Å². The maximum Gasteiger partial charge on any atom is 0.161 e. The first kappa shape index (κ1) is 17.6. The highest BCUT2D eigenvalue weighted by Gasteiger charge is 2.07. The van der Waals surface area contributed by atoms with Crippen molar-refractivity contribution in [2.75, 3.05) is 27.4 Å². The first-order valence-electron chi connectivity index (χ1n) is 7.62. The van der Waals surface area contributed by atoms with E-state index in [2.05, 4.69) is 32.9 Å². The Morgan fingerprint density at radius 1 is 1.14 bits per heavy atom. The Balaban J connectivity index is 2.88. The lowest BCUT2D eigenvalue weighted by atomic mass is 9.98. The van der Waals surface area contributed by atoms with Gasteiger partial charge in [0.1, 0.15) is 0 Å². The standard InChI is InChI=1S/C18H28O3/c1-6-16(14(2)3)12-15-8-9-17(20-5)18(13-15)21-11-7-10-19-4/h8-9,12-14H,6-7,10-11H2,1-5H3/b16-12-. The lowest BCUT2D eigenvalue weighted by molar-refractivity contribution is 0.170. The van der Waals surface area contributed by atoms with Gasteiger partial charge in [-0.05, 0) is 30.0 Å². The quantitative estimate of drug-likeness (QED) is 0.624. The number of methoxy groups -OCH3 is 2. The molecule has 0 aromatic heterocycles. The van der Waals surface area contributed by atoms with Crippen LogP contribution in [0.5, 0.6) is 11.5 Å². The van der Waals surface area contributed by atoms with Crippen molar-refractivity contribution in [1.29, 1.82) is 0 Å². The van der Waals surface area contributed by atoms with E-state index in [0.717, 1.165) is 29.9 Å². The molecule has 1 rings (SSSR count). The predicted octanol–water partition coefficient (Wildman–Crippen LogP) is 4.56. The number of hydrogen-bond acceptors (Lipinski definition) is 3. The zero-order valence-electron chi connectivity index (χ0n) is 13.9. The average Bonchev–Trinajstić information content (AvgIpc) is 2.49. The van der Waals surface area contributed by atoms with Crippen LogP contribution in [0.3, 0.4) is 0 Å². The van der Waals surface area contributed by atoms with Gasteiger partial charge in [-0.2, -0.15) is 0 Å². The number of rotatable bonds is 9. The summed E-state index contributed by atoms with van der Waals surface area (Å²) in [6.45, 7) is 7.97. The van der Waals surface area contributed by atoms with Crippen molar-refractivity contribution >= 4 is 6.08 Å². The molecule has 0 heterocycles. The number of allylic oxidation sites excluding steroid dienone is 1. The summed E-state index contributed by atoms with van der Waals surface area (Å²) in [4.78, 5) is 0. The Bertz CT molecular complexity index is 450. The summed E-state index contributed by atoms with van der Waals surface area (Å²) >= 11 is 0. The van der Waals surface area contributed by atoms with Crippen molar-refractivity contribution in [1.82, 2.24) is 0 Å². The van der Waals surface area contributed by atoms with Crippen LogP contribution < -0.4 is 9.47 Å². The molecule has 0 amide bonds. The molecular formula is C18H28O3. The molecule has 0 saturated carbocycles. The molecule has 3 nitrogen and oxygen atoms in total. The molecule has 0 N–H and O–H groups in total. The largest absolute Gasteiger partial charge is 0.493 e. The fraction of sp³-hybridized carbons (Fsp3) is 0.556. The summed E-state index contributed by atoms with van der Waals surface area (Å²) in [5, 5.41) is 0. The monoisotopic (exact) mass is 292 g/mol. The fourth-order valence-corrected chi connectivity index (χ4v) is 2.17. The van der Waals surface area contributed by atoms with Crippen LogP contribution in [0.15, 0.2) is 23.8 Å². The molecule has 0 spiro atoms. The zero-order chi connectivity index (χ0) is 15.7. The summed E-state index contributed by atoms with van der Waals surface area (Å²) < 4.78 is 16.2. The van der Waals surface area contributed by atoms with E-state index < -0.39 is 0 Å². The Morgan fingerprint density at radius 3 is 2.48 bits per heavy atom. The van der Waals surface area contributed by atoms with Gasteiger partial charge in [-0.25, -0.2) is 0 Å². The summed E-state index contributed by atoms with van der Waals surface area (Å²) in [5.41, 5.74) is 2.59. The summed E-state index contributed by atoms with van der Waals surface area (Å²) in [7, 11) is 3.36. The molecule has 0 bridgehead atoms. The molecule has 0 unspecified atom stereocenters. The van der Waals surface area contributed by atoms with Gasteiger partial charge in [0, 0.05) is 20.1 Å². The second-order valence-electron chi connectivity index (χ2n) is 5.33. The smallest absolute Gasteiger partial charge is 0.161 e. The van der Waals surface area contributed by atoms with E-state index in [0.29, 0.717) is 19.1 Å².